The maximum absolute atomic E-state index is 12.3. The van der Waals surface area contributed by atoms with Crippen LogP contribution < -0.4 is 15.8 Å². The molecule has 1 aliphatic rings. The number of sulfonamides is 1. The van der Waals surface area contributed by atoms with Crippen LogP contribution in [0.5, 0.6) is 0 Å². The molecular weight excluding hydrogens is 266 g/mol. The average Bonchev–Trinajstić information content (AvgIpc) is 2.34. The number of hydrogen-bond acceptors (Lipinski definition) is 4. The highest BCUT2D eigenvalue weighted by atomic mass is 32.2. The summed E-state index contributed by atoms with van der Waals surface area (Å²) in [6.45, 7) is 4.18. The van der Waals surface area contributed by atoms with Crippen molar-refractivity contribution in [2.45, 2.75) is 39.0 Å². The Morgan fingerprint density at radius 3 is 2.53 bits per heavy atom. The molecule has 1 fully saturated rings. The fraction of sp³-hybridized carbons (Fsp3) is 0.917. The Labute approximate surface area is 115 Å². The first-order valence-corrected chi connectivity index (χ1v) is 8.61. The van der Waals surface area contributed by atoms with E-state index in [4.69, 9.17) is 5.14 Å². The second-order valence-electron chi connectivity index (χ2n) is 5.26. The summed E-state index contributed by atoms with van der Waals surface area (Å²) in [5.74, 6) is -0.0273. The van der Waals surface area contributed by atoms with E-state index in [1.807, 2.05) is 0 Å². The van der Waals surface area contributed by atoms with Gasteiger partial charge < -0.3 is 10.6 Å². The van der Waals surface area contributed by atoms with Crippen molar-refractivity contribution in [3.05, 3.63) is 0 Å². The van der Waals surface area contributed by atoms with Crippen molar-refractivity contribution in [2.24, 2.45) is 10.6 Å². The SMILES string of the molecule is CCCC1(C(=O)NCCCS(N)(=O)=O)CCNCC1. The maximum Gasteiger partial charge on any atom is 0.226 e. The molecule has 0 radical (unpaired) electrons. The molecule has 4 N–H and O–H groups in total. The Kier molecular flexibility index (Phi) is 6.22. The largest absolute Gasteiger partial charge is 0.356 e. The van der Waals surface area contributed by atoms with Gasteiger partial charge in [0.2, 0.25) is 15.9 Å². The number of carbonyl (C=O) groups excluding carboxylic acids is 1. The van der Waals surface area contributed by atoms with Gasteiger partial charge in [0.1, 0.15) is 0 Å². The highest BCUT2D eigenvalue weighted by molar-refractivity contribution is 7.89. The summed E-state index contributed by atoms with van der Waals surface area (Å²) in [4.78, 5) is 12.3. The van der Waals surface area contributed by atoms with Crippen molar-refractivity contribution in [1.82, 2.24) is 10.6 Å². The van der Waals surface area contributed by atoms with E-state index in [-0.39, 0.29) is 17.1 Å². The van der Waals surface area contributed by atoms with Crippen LogP contribution >= 0.6 is 0 Å². The zero-order valence-electron chi connectivity index (χ0n) is 11.6. The molecule has 0 spiro atoms. The smallest absolute Gasteiger partial charge is 0.226 e. The molecule has 112 valence electrons. The number of primary sulfonamides is 1. The van der Waals surface area contributed by atoms with Gasteiger partial charge in [0.05, 0.1) is 11.2 Å². The lowest BCUT2D eigenvalue weighted by molar-refractivity contribution is -0.133. The van der Waals surface area contributed by atoms with Crippen LogP contribution in [-0.4, -0.2) is 39.7 Å². The van der Waals surface area contributed by atoms with E-state index in [0.717, 1.165) is 38.8 Å². The molecule has 0 unspecified atom stereocenters. The topological polar surface area (TPSA) is 101 Å². The maximum atomic E-state index is 12.3. The number of rotatable bonds is 7. The van der Waals surface area contributed by atoms with E-state index < -0.39 is 10.0 Å². The number of carbonyl (C=O) groups is 1. The highest BCUT2D eigenvalue weighted by Crippen LogP contribution is 2.34. The molecule has 0 atom stereocenters. The first-order chi connectivity index (χ1) is 8.90. The molecule has 1 heterocycles. The minimum Gasteiger partial charge on any atom is -0.356 e. The Morgan fingerprint density at radius 2 is 2.00 bits per heavy atom. The Hall–Kier alpha value is -0.660. The van der Waals surface area contributed by atoms with Gasteiger partial charge in [-0.25, -0.2) is 13.6 Å². The summed E-state index contributed by atoms with van der Waals surface area (Å²) < 4.78 is 21.6. The van der Waals surface area contributed by atoms with Gasteiger partial charge in [0.25, 0.3) is 0 Å². The summed E-state index contributed by atoms with van der Waals surface area (Å²) in [5, 5.41) is 11.0. The molecule has 0 aliphatic carbocycles. The lowest BCUT2D eigenvalue weighted by Crippen LogP contribution is -2.48. The minimum absolute atomic E-state index is 0.0604. The van der Waals surface area contributed by atoms with Crippen molar-refractivity contribution >= 4 is 15.9 Å². The zero-order valence-corrected chi connectivity index (χ0v) is 12.4. The van der Waals surface area contributed by atoms with Crippen LogP contribution in [0, 0.1) is 5.41 Å². The van der Waals surface area contributed by atoms with Gasteiger partial charge in [0, 0.05) is 6.54 Å². The molecule has 0 aromatic carbocycles. The highest BCUT2D eigenvalue weighted by Gasteiger charge is 2.38. The Morgan fingerprint density at radius 1 is 1.37 bits per heavy atom. The second-order valence-corrected chi connectivity index (χ2v) is 6.99. The lowest BCUT2D eigenvalue weighted by Gasteiger charge is -2.36. The quantitative estimate of drug-likeness (QED) is 0.572. The van der Waals surface area contributed by atoms with Crippen LogP contribution in [-0.2, 0) is 14.8 Å². The molecule has 7 heteroatoms. The normalized spacial score (nSPS) is 19.1. The standard InChI is InChI=1S/C12H25N3O3S/c1-2-4-12(5-8-14-9-6-12)11(16)15-7-3-10-19(13,17)18/h14H,2-10H2,1H3,(H,15,16)(H2,13,17,18). The minimum atomic E-state index is -3.43. The van der Waals surface area contributed by atoms with Gasteiger partial charge in [0.15, 0.2) is 0 Å². The summed E-state index contributed by atoms with van der Waals surface area (Å²) in [6.07, 6.45) is 3.93. The monoisotopic (exact) mass is 291 g/mol. The lowest BCUT2D eigenvalue weighted by atomic mass is 9.74. The third-order valence-corrected chi connectivity index (χ3v) is 4.52. The van der Waals surface area contributed by atoms with Crippen LogP contribution in [0.25, 0.3) is 0 Å². The van der Waals surface area contributed by atoms with Crippen molar-refractivity contribution in [3.63, 3.8) is 0 Å². The third kappa shape index (κ3) is 5.46. The van der Waals surface area contributed by atoms with Crippen LogP contribution in [0.4, 0.5) is 0 Å². The number of nitrogens with one attached hydrogen (secondary N) is 2. The van der Waals surface area contributed by atoms with Crippen LogP contribution in [0.3, 0.4) is 0 Å². The molecule has 0 bridgehead atoms. The predicted molar refractivity (Wildman–Crippen MR) is 75.0 cm³/mol. The van der Waals surface area contributed by atoms with Crippen LogP contribution in [0.2, 0.25) is 0 Å². The van der Waals surface area contributed by atoms with E-state index >= 15 is 0 Å². The summed E-state index contributed by atoms with van der Waals surface area (Å²) in [5.41, 5.74) is -0.276. The fourth-order valence-electron chi connectivity index (χ4n) is 2.64. The Balaban J connectivity index is 2.44. The number of amides is 1. The molecule has 0 aromatic rings. The molecule has 1 saturated heterocycles. The van der Waals surface area contributed by atoms with Crippen LogP contribution in [0.15, 0.2) is 0 Å². The molecule has 1 amide bonds. The summed E-state index contributed by atoms with van der Waals surface area (Å²) in [7, 11) is -3.43. The molecule has 6 nitrogen and oxygen atoms in total. The molecule has 0 saturated carbocycles. The molecular formula is C12H25N3O3S. The predicted octanol–water partition coefficient (Wildman–Crippen LogP) is -0.0489. The molecule has 1 aliphatic heterocycles. The van der Waals surface area contributed by atoms with Gasteiger partial charge in [-0.2, -0.15) is 0 Å². The number of hydrogen-bond donors (Lipinski definition) is 3. The van der Waals surface area contributed by atoms with Gasteiger partial charge in [-0.15, -0.1) is 0 Å². The first-order valence-electron chi connectivity index (χ1n) is 6.89. The number of piperidine rings is 1. The first kappa shape index (κ1) is 16.4. The van der Waals surface area contributed by atoms with Crippen molar-refractivity contribution in [2.75, 3.05) is 25.4 Å². The van der Waals surface area contributed by atoms with Crippen molar-refractivity contribution in [1.29, 1.82) is 0 Å². The molecule has 1 rings (SSSR count). The van der Waals surface area contributed by atoms with E-state index in [1.165, 1.54) is 0 Å². The van der Waals surface area contributed by atoms with Gasteiger partial charge in [-0.3, -0.25) is 4.79 Å². The van der Waals surface area contributed by atoms with E-state index in [9.17, 15) is 13.2 Å². The third-order valence-electron chi connectivity index (χ3n) is 3.66. The van der Waals surface area contributed by atoms with Crippen LogP contribution in [0.1, 0.15) is 39.0 Å². The van der Waals surface area contributed by atoms with E-state index in [2.05, 4.69) is 17.6 Å². The fourth-order valence-corrected chi connectivity index (χ4v) is 3.18. The van der Waals surface area contributed by atoms with E-state index in [0.29, 0.717) is 13.0 Å². The van der Waals surface area contributed by atoms with Crippen molar-refractivity contribution < 1.29 is 13.2 Å². The van der Waals surface area contributed by atoms with Gasteiger partial charge in [-0.1, -0.05) is 13.3 Å². The van der Waals surface area contributed by atoms with Gasteiger partial charge >= 0.3 is 0 Å². The van der Waals surface area contributed by atoms with Crippen molar-refractivity contribution in [3.8, 4) is 0 Å². The average molecular weight is 291 g/mol. The zero-order chi connectivity index (χ0) is 14.4. The Bertz CT molecular complexity index is 384. The summed E-state index contributed by atoms with van der Waals surface area (Å²) in [6, 6.07) is 0. The number of nitrogens with two attached hydrogens (primary N) is 1. The van der Waals surface area contributed by atoms with Gasteiger partial charge in [-0.05, 0) is 38.8 Å². The summed E-state index contributed by atoms with van der Waals surface area (Å²) >= 11 is 0. The molecule has 0 aromatic heterocycles. The molecule has 19 heavy (non-hydrogen) atoms. The second kappa shape index (κ2) is 7.21. The van der Waals surface area contributed by atoms with E-state index in [1.54, 1.807) is 0 Å².